The van der Waals surface area contributed by atoms with E-state index >= 15 is 0 Å². The molecule has 5 nitrogen and oxygen atoms in total. The molecule has 0 saturated carbocycles. The second-order valence-corrected chi connectivity index (χ2v) is 5.91. The first-order chi connectivity index (χ1) is 10.5. The summed E-state index contributed by atoms with van der Waals surface area (Å²) in [6.45, 7) is 6.60. The molecule has 3 aromatic heterocycles. The summed E-state index contributed by atoms with van der Waals surface area (Å²) >= 11 is 6.51. The second-order valence-electron chi connectivity index (χ2n) is 5.53. The zero-order valence-corrected chi connectivity index (χ0v) is 13.9. The number of rotatable bonds is 3. The highest BCUT2D eigenvalue weighted by molar-refractivity contribution is 6.36. The Labute approximate surface area is 134 Å². The average Bonchev–Trinajstić information content (AvgIpc) is 2.76. The van der Waals surface area contributed by atoms with Gasteiger partial charge in [-0.3, -0.25) is 9.67 Å². The highest BCUT2D eigenvalue weighted by atomic mass is 35.5. The number of hydrogen-bond donors (Lipinski definition) is 1. The van der Waals surface area contributed by atoms with E-state index in [0.29, 0.717) is 11.6 Å². The molecule has 3 aromatic rings. The molecule has 0 spiro atoms. The van der Waals surface area contributed by atoms with Gasteiger partial charge >= 0.3 is 0 Å². The molecule has 6 heteroatoms. The number of anilines is 1. The van der Waals surface area contributed by atoms with Crippen molar-refractivity contribution in [3.05, 3.63) is 45.9 Å². The fourth-order valence-corrected chi connectivity index (χ4v) is 2.90. The molecule has 1 N–H and O–H groups in total. The number of pyridine rings is 2. The molecule has 0 aliphatic heterocycles. The molecule has 0 aliphatic rings. The fourth-order valence-electron chi connectivity index (χ4n) is 2.58. The van der Waals surface area contributed by atoms with Crippen LogP contribution >= 0.6 is 11.6 Å². The molecule has 0 atom stereocenters. The number of nitrogens with zero attached hydrogens (tertiary/aromatic N) is 4. The SMILES string of the molecule is Cc1cncc(CNc2nc3c(c(C)nn3C)c(Cl)c2C)c1. The van der Waals surface area contributed by atoms with Crippen LogP contribution < -0.4 is 5.32 Å². The summed E-state index contributed by atoms with van der Waals surface area (Å²) in [6, 6.07) is 2.10. The normalized spacial score (nSPS) is 11.1. The van der Waals surface area contributed by atoms with Gasteiger partial charge in [-0.2, -0.15) is 5.10 Å². The number of aromatic nitrogens is 4. The smallest absolute Gasteiger partial charge is 0.161 e. The molecule has 3 rings (SSSR count). The van der Waals surface area contributed by atoms with Gasteiger partial charge in [-0.25, -0.2) is 4.98 Å². The van der Waals surface area contributed by atoms with E-state index in [1.165, 1.54) is 0 Å². The maximum absolute atomic E-state index is 6.51. The lowest BCUT2D eigenvalue weighted by molar-refractivity contribution is 0.773. The molecule has 0 aromatic carbocycles. The number of fused-ring (bicyclic) bond motifs is 1. The first-order valence-corrected chi connectivity index (χ1v) is 7.49. The van der Waals surface area contributed by atoms with E-state index < -0.39 is 0 Å². The molecular weight excluding hydrogens is 298 g/mol. The van der Waals surface area contributed by atoms with Crippen LogP contribution in [0.25, 0.3) is 11.0 Å². The maximum Gasteiger partial charge on any atom is 0.161 e. The Balaban J connectivity index is 1.97. The number of halogens is 1. The van der Waals surface area contributed by atoms with Crippen molar-refractivity contribution in [3.63, 3.8) is 0 Å². The zero-order valence-electron chi connectivity index (χ0n) is 13.1. The lowest BCUT2D eigenvalue weighted by Gasteiger charge is -2.11. The summed E-state index contributed by atoms with van der Waals surface area (Å²) in [4.78, 5) is 8.88. The van der Waals surface area contributed by atoms with E-state index in [2.05, 4.69) is 26.4 Å². The molecule has 0 saturated heterocycles. The summed E-state index contributed by atoms with van der Waals surface area (Å²) in [7, 11) is 1.88. The summed E-state index contributed by atoms with van der Waals surface area (Å²) in [5.74, 6) is 0.780. The predicted octanol–water partition coefficient (Wildman–Crippen LogP) is 3.55. The van der Waals surface area contributed by atoms with Crippen molar-refractivity contribution in [2.24, 2.45) is 7.05 Å². The fraction of sp³-hybridized carbons (Fsp3) is 0.312. The van der Waals surface area contributed by atoms with Gasteiger partial charge in [-0.05, 0) is 31.9 Å². The largest absolute Gasteiger partial charge is 0.366 e. The van der Waals surface area contributed by atoms with E-state index in [1.807, 2.05) is 40.2 Å². The van der Waals surface area contributed by atoms with Gasteiger partial charge in [0.25, 0.3) is 0 Å². The van der Waals surface area contributed by atoms with Gasteiger partial charge in [0.2, 0.25) is 0 Å². The molecule has 0 aliphatic carbocycles. The van der Waals surface area contributed by atoms with Crippen molar-refractivity contribution in [2.45, 2.75) is 27.3 Å². The van der Waals surface area contributed by atoms with Crippen molar-refractivity contribution in [1.82, 2.24) is 19.7 Å². The van der Waals surface area contributed by atoms with Gasteiger partial charge < -0.3 is 5.32 Å². The van der Waals surface area contributed by atoms with E-state index in [1.54, 1.807) is 4.68 Å². The lowest BCUT2D eigenvalue weighted by atomic mass is 10.2. The second kappa shape index (κ2) is 5.57. The third kappa shape index (κ3) is 2.52. The van der Waals surface area contributed by atoms with E-state index in [4.69, 9.17) is 11.6 Å². The molecular formula is C16H18ClN5. The highest BCUT2D eigenvalue weighted by Gasteiger charge is 2.16. The number of nitrogens with one attached hydrogen (secondary N) is 1. The van der Waals surface area contributed by atoms with Gasteiger partial charge in [0.1, 0.15) is 5.82 Å². The maximum atomic E-state index is 6.51. The van der Waals surface area contributed by atoms with E-state index in [-0.39, 0.29) is 0 Å². The third-order valence-corrected chi connectivity index (χ3v) is 4.18. The Hall–Kier alpha value is -2.14. The first-order valence-electron chi connectivity index (χ1n) is 7.11. The molecule has 0 fully saturated rings. The quantitative estimate of drug-likeness (QED) is 0.803. The van der Waals surface area contributed by atoms with Crippen LogP contribution in [0, 0.1) is 20.8 Å². The van der Waals surface area contributed by atoms with Crippen LogP contribution in [-0.4, -0.2) is 19.7 Å². The molecule has 3 heterocycles. The minimum absolute atomic E-state index is 0.654. The molecule has 0 bridgehead atoms. The number of hydrogen-bond acceptors (Lipinski definition) is 4. The van der Waals surface area contributed by atoms with Gasteiger partial charge in [0.15, 0.2) is 5.65 Å². The first kappa shape index (κ1) is 14.8. The van der Waals surface area contributed by atoms with Crippen LogP contribution in [0.4, 0.5) is 5.82 Å². The summed E-state index contributed by atoms with van der Waals surface area (Å²) < 4.78 is 1.76. The zero-order chi connectivity index (χ0) is 15.9. The van der Waals surface area contributed by atoms with Crippen molar-refractivity contribution >= 4 is 28.5 Å². The van der Waals surface area contributed by atoms with Gasteiger partial charge in [0.05, 0.1) is 16.1 Å². The summed E-state index contributed by atoms with van der Waals surface area (Å²) in [5.41, 5.74) is 4.87. The summed E-state index contributed by atoms with van der Waals surface area (Å²) in [6.07, 6.45) is 3.69. The Bertz CT molecular complexity index is 853. The van der Waals surface area contributed by atoms with Crippen LogP contribution in [0.5, 0.6) is 0 Å². The average molecular weight is 316 g/mol. The Morgan fingerprint density at radius 1 is 1.23 bits per heavy atom. The summed E-state index contributed by atoms with van der Waals surface area (Å²) in [5, 5.41) is 9.37. The van der Waals surface area contributed by atoms with Crippen LogP contribution in [0.1, 0.15) is 22.4 Å². The van der Waals surface area contributed by atoms with Gasteiger partial charge in [0, 0.05) is 31.5 Å². The lowest BCUT2D eigenvalue weighted by Crippen LogP contribution is -2.05. The monoisotopic (exact) mass is 315 g/mol. The minimum Gasteiger partial charge on any atom is -0.366 e. The van der Waals surface area contributed by atoms with Crippen LogP contribution in [0.15, 0.2) is 18.5 Å². The number of aryl methyl sites for hydroxylation is 3. The van der Waals surface area contributed by atoms with Crippen LogP contribution in [0.2, 0.25) is 5.02 Å². The van der Waals surface area contributed by atoms with Crippen molar-refractivity contribution in [3.8, 4) is 0 Å². The molecule has 114 valence electrons. The van der Waals surface area contributed by atoms with Crippen LogP contribution in [-0.2, 0) is 13.6 Å². The van der Waals surface area contributed by atoms with Gasteiger partial charge in [-0.15, -0.1) is 0 Å². The van der Waals surface area contributed by atoms with Crippen molar-refractivity contribution < 1.29 is 0 Å². The molecule has 22 heavy (non-hydrogen) atoms. The van der Waals surface area contributed by atoms with E-state index in [0.717, 1.165) is 39.2 Å². The Kier molecular flexibility index (Phi) is 3.74. The third-order valence-electron chi connectivity index (χ3n) is 3.71. The van der Waals surface area contributed by atoms with Gasteiger partial charge in [-0.1, -0.05) is 17.7 Å². The minimum atomic E-state index is 0.654. The standard InChI is InChI=1S/C16H18ClN5/c1-9-5-12(7-18-6-9)8-19-15-10(2)14(17)13-11(3)21-22(4)16(13)20-15/h5-7H,8H2,1-4H3,(H,19,20). The Morgan fingerprint density at radius 2 is 2.00 bits per heavy atom. The van der Waals surface area contributed by atoms with Crippen molar-refractivity contribution in [1.29, 1.82) is 0 Å². The van der Waals surface area contributed by atoms with Crippen molar-refractivity contribution in [2.75, 3.05) is 5.32 Å². The molecule has 0 unspecified atom stereocenters. The highest BCUT2D eigenvalue weighted by Crippen LogP contribution is 2.32. The Morgan fingerprint density at radius 3 is 2.73 bits per heavy atom. The topological polar surface area (TPSA) is 55.6 Å². The predicted molar refractivity (Wildman–Crippen MR) is 89.3 cm³/mol. The molecule has 0 radical (unpaired) electrons. The van der Waals surface area contributed by atoms with E-state index in [9.17, 15) is 0 Å². The molecule has 0 amide bonds. The van der Waals surface area contributed by atoms with Crippen LogP contribution in [0.3, 0.4) is 0 Å².